The quantitative estimate of drug-likeness (QED) is 0.447. The summed E-state index contributed by atoms with van der Waals surface area (Å²) in [6.45, 7) is 2.68. The zero-order valence-electron chi connectivity index (χ0n) is 19.6. The lowest BCUT2D eigenvalue weighted by Gasteiger charge is -2.12. The van der Waals surface area contributed by atoms with Gasteiger partial charge in [-0.15, -0.1) is 0 Å². The second kappa shape index (κ2) is 13.4. The van der Waals surface area contributed by atoms with Crippen molar-refractivity contribution < 1.29 is 31.5 Å². The Labute approximate surface area is 210 Å². The summed E-state index contributed by atoms with van der Waals surface area (Å²) in [5.74, 6) is -0.317. The third-order valence-electron chi connectivity index (χ3n) is 5.03. The fourth-order valence-electron chi connectivity index (χ4n) is 3.26. The maximum atomic E-state index is 12.1. The first-order valence-corrected chi connectivity index (χ1v) is 12.9. The predicted octanol–water partition coefficient (Wildman–Crippen LogP) is 2.69. The van der Waals surface area contributed by atoms with E-state index in [0.717, 1.165) is 37.9 Å². The molecule has 2 aliphatic heterocycles. The fourth-order valence-corrected chi connectivity index (χ4v) is 3.63. The molecule has 2 aromatic carbocycles. The zero-order chi connectivity index (χ0) is 25.8. The molecule has 0 radical (unpaired) electrons. The summed E-state index contributed by atoms with van der Waals surface area (Å²) in [6.07, 6.45) is 8.55. The van der Waals surface area contributed by atoms with Gasteiger partial charge in [-0.1, -0.05) is 18.2 Å². The van der Waals surface area contributed by atoms with Crippen molar-refractivity contribution in [2.24, 2.45) is 0 Å². The van der Waals surface area contributed by atoms with Crippen molar-refractivity contribution in [3.05, 3.63) is 65.7 Å². The zero-order valence-corrected chi connectivity index (χ0v) is 20.4. The van der Waals surface area contributed by atoms with Crippen LogP contribution in [0.1, 0.15) is 30.4 Å². The summed E-state index contributed by atoms with van der Waals surface area (Å²) in [5, 5.41) is 8.95. The van der Waals surface area contributed by atoms with Crippen molar-refractivity contribution >= 4 is 34.4 Å². The molecule has 0 saturated heterocycles. The standard InChI is InChI=1S/C25H29N3O7S/c29-24-12-7-19-4-9-21(10-5-19)34-23-18-20(6-11-22(23)35-36(31,32)33)8-13-25(30)27-16-2-1-14-26-15-3-17-28-24/h4-13,18,26H,1-3,14-17H2,(H,27,30)(H,28,29)(H,31,32,33)/b12-7+,13-8+. The normalized spacial score (nSPS) is 18.1. The molecule has 2 amide bonds. The maximum Gasteiger partial charge on any atom is 0.446 e. The highest BCUT2D eigenvalue weighted by Crippen LogP contribution is 2.34. The van der Waals surface area contributed by atoms with Crippen molar-refractivity contribution in [3.63, 3.8) is 0 Å². The van der Waals surface area contributed by atoms with Crippen molar-refractivity contribution in [1.29, 1.82) is 0 Å². The Kier molecular flexibility index (Phi) is 10.0. The van der Waals surface area contributed by atoms with Crippen LogP contribution in [0.3, 0.4) is 0 Å². The lowest BCUT2D eigenvalue weighted by atomic mass is 10.1. The van der Waals surface area contributed by atoms with E-state index in [0.29, 0.717) is 24.4 Å². The van der Waals surface area contributed by atoms with E-state index >= 15 is 0 Å². The lowest BCUT2D eigenvalue weighted by Crippen LogP contribution is -2.27. The van der Waals surface area contributed by atoms with Crippen molar-refractivity contribution in [1.82, 2.24) is 16.0 Å². The molecule has 0 spiro atoms. The van der Waals surface area contributed by atoms with Gasteiger partial charge in [0.2, 0.25) is 11.8 Å². The number of hydrogen-bond donors (Lipinski definition) is 4. The largest absolute Gasteiger partial charge is 0.453 e. The van der Waals surface area contributed by atoms with Gasteiger partial charge in [-0.2, -0.15) is 8.42 Å². The van der Waals surface area contributed by atoms with Gasteiger partial charge >= 0.3 is 10.4 Å². The number of rotatable bonds is 2. The Morgan fingerprint density at radius 2 is 1.33 bits per heavy atom. The number of fused-ring (bicyclic) bond motifs is 15. The summed E-state index contributed by atoms with van der Waals surface area (Å²) in [6, 6.07) is 11.0. The van der Waals surface area contributed by atoms with Crippen LogP contribution in [-0.2, 0) is 20.0 Å². The SMILES string of the molecule is O=C1/C=C/c2ccc(OS(=O)(=O)O)c(c2)Oc2ccc(cc2)/C=C/C(=O)NCCCNCCCCN1. The second-order valence-electron chi connectivity index (χ2n) is 7.95. The number of carbonyl (C=O) groups excluding carboxylic acids is 2. The summed E-state index contributed by atoms with van der Waals surface area (Å²) in [5.41, 5.74) is 1.30. The van der Waals surface area contributed by atoms with Crippen LogP contribution in [0.4, 0.5) is 0 Å². The Morgan fingerprint density at radius 1 is 0.750 bits per heavy atom. The summed E-state index contributed by atoms with van der Waals surface area (Å²) in [4.78, 5) is 24.1. The van der Waals surface area contributed by atoms with E-state index in [2.05, 4.69) is 20.1 Å². The lowest BCUT2D eigenvalue weighted by molar-refractivity contribution is -0.117. The van der Waals surface area contributed by atoms with Gasteiger partial charge in [0.1, 0.15) is 5.75 Å². The first-order chi connectivity index (χ1) is 17.3. The number of ether oxygens (including phenoxy) is 1. The van der Waals surface area contributed by atoms with Crippen LogP contribution in [0.2, 0.25) is 0 Å². The van der Waals surface area contributed by atoms with E-state index in [4.69, 9.17) is 9.29 Å². The van der Waals surface area contributed by atoms with Crippen LogP contribution in [0.5, 0.6) is 17.2 Å². The molecule has 4 rings (SSSR count). The smallest absolute Gasteiger partial charge is 0.446 e. The number of amides is 2. The van der Waals surface area contributed by atoms with E-state index in [1.54, 1.807) is 36.4 Å². The predicted molar refractivity (Wildman–Crippen MR) is 136 cm³/mol. The average Bonchev–Trinajstić information content (AvgIpc) is 2.83. The molecule has 192 valence electrons. The van der Waals surface area contributed by atoms with E-state index in [9.17, 15) is 18.0 Å². The molecule has 0 fully saturated rings. The molecule has 0 aromatic heterocycles. The Hall–Kier alpha value is -3.67. The van der Waals surface area contributed by atoms with Gasteiger partial charge in [0.15, 0.2) is 11.5 Å². The van der Waals surface area contributed by atoms with Crippen LogP contribution >= 0.6 is 0 Å². The van der Waals surface area contributed by atoms with Gasteiger partial charge in [-0.05, 0) is 79.9 Å². The minimum atomic E-state index is -4.78. The molecule has 0 saturated carbocycles. The minimum Gasteiger partial charge on any atom is -0.453 e. The first kappa shape index (κ1) is 26.9. The minimum absolute atomic E-state index is 0.0137. The molecule has 4 N–H and O–H groups in total. The van der Waals surface area contributed by atoms with Gasteiger partial charge in [0.05, 0.1) is 0 Å². The molecule has 36 heavy (non-hydrogen) atoms. The van der Waals surface area contributed by atoms with E-state index in [1.807, 2.05) is 0 Å². The number of benzene rings is 2. The molecule has 0 aliphatic carbocycles. The molecule has 2 aromatic rings. The highest BCUT2D eigenvalue weighted by atomic mass is 32.3. The van der Waals surface area contributed by atoms with Crippen molar-refractivity contribution in [3.8, 4) is 17.2 Å². The van der Waals surface area contributed by atoms with E-state index < -0.39 is 10.4 Å². The molecular formula is C25H29N3O7S. The highest BCUT2D eigenvalue weighted by molar-refractivity contribution is 7.81. The van der Waals surface area contributed by atoms with E-state index in [1.165, 1.54) is 30.4 Å². The van der Waals surface area contributed by atoms with Gasteiger partial charge < -0.3 is 24.9 Å². The topological polar surface area (TPSA) is 143 Å². The third-order valence-corrected chi connectivity index (χ3v) is 5.42. The van der Waals surface area contributed by atoms with Gasteiger partial charge in [-0.3, -0.25) is 14.1 Å². The summed E-state index contributed by atoms with van der Waals surface area (Å²) < 4.78 is 42.0. The molecule has 10 nitrogen and oxygen atoms in total. The molecule has 2 heterocycles. The number of carbonyl (C=O) groups is 2. The summed E-state index contributed by atoms with van der Waals surface area (Å²) in [7, 11) is -4.78. The Bertz CT molecular complexity index is 1210. The second-order valence-corrected chi connectivity index (χ2v) is 8.97. The van der Waals surface area contributed by atoms with Crippen LogP contribution in [0.15, 0.2) is 54.6 Å². The molecular weight excluding hydrogens is 486 g/mol. The Balaban J connectivity index is 1.83. The van der Waals surface area contributed by atoms with Gasteiger partial charge in [0.25, 0.3) is 0 Å². The van der Waals surface area contributed by atoms with E-state index in [-0.39, 0.29) is 23.3 Å². The molecule has 11 heteroatoms. The van der Waals surface area contributed by atoms with Crippen molar-refractivity contribution in [2.75, 3.05) is 26.2 Å². The van der Waals surface area contributed by atoms with Crippen LogP contribution in [0, 0.1) is 0 Å². The maximum absolute atomic E-state index is 12.1. The average molecular weight is 516 g/mol. The number of nitrogens with one attached hydrogen (secondary N) is 3. The molecule has 0 atom stereocenters. The number of hydrogen-bond acceptors (Lipinski definition) is 7. The highest BCUT2D eigenvalue weighted by Gasteiger charge is 2.14. The monoisotopic (exact) mass is 515 g/mol. The fraction of sp³-hybridized carbons (Fsp3) is 0.280. The van der Waals surface area contributed by atoms with Crippen molar-refractivity contribution in [2.45, 2.75) is 19.3 Å². The van der Waals surface area contributed by atoms with Crippen LogP contribution < -0.4 is 24.9 Å². The first-order valence-electron chi connectivity index (χ1n) is 11.5. The Morgan fingerprint density at radius 3 is 2.03 bits per heavy atom. The van der Waals surface area contributed by atoms with Crippen LogP contribution in [-0.4, -0.2) is 51.0 Å². The summed E-state index contributed by atoms with van der Waals surface area (Å²) >= 11 is 0. The van der Waals surface area contributed by atoms with Gasteiger partial charge in [-0.25, -0.2) is 0 Å². The van der Waals surface area contributed by atoms with Crippen LogP contribution in [0.25, 0.3) is 12.2 Å². The molecule has 4 bridgehead atoms. The third kappa shape index (κ3) is 9.90. The molecule has 0 unspecified atom stereocenters. The molecule has 2 aliphatic rings. The van der Waals surface area contributed by atoms with Gasteiger partial charge in [0, 0.05) is 25.2 Å².